The van der Waals surface area contributed by atoms with E-state index >= 15 is 0 Å². The maximum absolute atomic E-state index is 12.2. The lowest BCUT2D eigenvalue weighted by atomic mass is 10.2. The largest absolute Gasteiger partial charge is 0.573 e. The number of hydrogen-bond donors (Lipinski definition) is 1. The highest BCUT2D eigenvalue weighted by Crippen LogP contribution is 2.24. The number of benzene rings is 2. The second kappa shape index (κ2) is 8.30. The quantitative estimate of drug-likeness (QED) is 0.610. The van der Waals surface area contributed by atoms with Gasteiger partial charge in [0, 0.05) is 22.3 Å². The molecule has 1 aromatic heterocycles. The minimum absolute atomic E-state index is 0.344. The number of carbonyl (C=O) groups is 1. The van der Waals surface area contributed by atoms with Crippen molar-refractivity contribution in [2.75, 3.05) is 5.32 Å². The summed E-state index contributed by atoms with van der Waals surface area (Å²) in [5, 5.41) is 5.40. The number of carbonyl (C=O) groups excluding carboxylic acids is 1. The van der Waals surface area contributed by atoms with E-state index in [0.717, 1.165) is 22.8 Å². The summed E-state index contributed by atoms with van der Waals surface area (Å²) >= 11 is 1.51. The molecule has 0 bridgehead atoms. The van der Waals surface area contributed by atoms with Crippen molar-refractivity contribution in [2.24, 2.45) is 0 Å². The fourth-order valence-corrected chi connectivity index (χ4v) is 2.94. The first kappa shape index (κ1) is 19.7. The van der Waals surface area contributed by atoms with Gasteiger partial charge in [0.05, 0.1) is 0 Å². The zero-order valence-corrected chi connectivity index (χ0v) is 15.4. The Morgan fingerprint density at radius 3 is 2.29 bits per heavy atom. The predicted molar refractivity (Wildman–Crippen MR) is 98.7 cm³/mol. The molecule has 1 amide bonds. The molecular formula is C19H15F3N2O3S. The summed E-state index contributed by atoms with van der Waals surface area (Å²) in [6.07, 6.45) is -4.76. The standard InChI is InChI=1S/C19H15F3N2O3S/c1-12-11-28-17(23-12)10-26-15-6-2-13(3-7-15)18(25)24-14-4-8-16(9-5-14)27-19(20,21)22/h2-9,11H,10H2,1H3,(H,24,25). The predicted octanol–water partition coefficient (Wildman–Crippen LogP) is 5.18. The highest BCUT2D eigenvalue weighted by molar-refractivity contribution is 7.09. The minimum atomic E-state index is -4.76. The summed E-state index contributed by atoms with van der Waals surface area (Å²) in [7, 11) is 0. The Kier molecular flexibility index (Phi) is 5.84. The molecule has 0 saturated heterocycles. The van der Waals surface area contributed by atoms with E-state index < -0.39 is 12.3 Å². The van der Waals surface area contributed by atoms with Gasteiger partial charge in [-0.3, -0.25) is 4.79 Å². The van der Waals surface area contributed by atoms with Crippen LogP contribution in [0.2, 0.25) is 0 Å². The molecule has 146 valence electrons. The van der Waals surface area contributed by atoms with Crippen LogP contribution < -0.4 is 14.8 Å². The number of nitrogens with one attached hydrogen (secondary N) is 1. The molecule has 1 heterocycles. The maximum atomic E-state index is 12.2. The highest BCUT2D eigenvalue weighted by Gasteiger charge is 2.30. The third-order valence-corrected chi connectivity index (χ3v) is 4.43. The highest BCUT2D eigenvalue weighted by atomic mass is 32.1. The SMILES string of the molecule is Cc1csc(COc2ccc(C(=O)Nc3ccc(OC(F)(F)F)cc3)cc2)n1. The van der Waals surface area contributed by atoms with Gasteiger partial charge < -0.3 is 14.8 Å². The molecule has 0 fully saturated rings. The number of alkyl halides is 3. The van der Waals surface area contributed by atoms with Crippen LogP contribution in [-0.4, -0.2) is 17.3 Å². The van der Waals surface area contributed by atoms with Crippen LogP contribution in [0.1, 0.15) is 21.1 Å². The second-order valence-corrected chi connectivity index (χ2v) is 6.66. The lowest BCUT2D eigenvalue weighted by Gasteiger charge is -2.10. The maximum Gasteiger partial charge on any atom is 0.573 e. The van der Waals surface area contributed by atoms with E-state index in [9.17, 15) is 18.0 Å². The Balaban J connectivity index is 1.55. The normalized spacial score (nSPS) is 11.1. The van der Waals surface area contributed by atoms with Crippen molar-refractivity contribution in [3.63, 3.8) is 0 Å². The van der Waals surface area contributed by atoms with Gasteiger partial charge in [-0.25, -0.2) is 4.98 Å². The van der Waals surface area contributed by atoms with Crippen LogP contribution in [0.25, 0.3) is 0 Å². The molecule has 0 spiro atoms. The first-order valence-electron chi connectivity index (χ1n) is 8.09. The van der Waals surface area contributed by atoms with Crippen LogP contribution >= 0.6 is 11.3 Å². The summed E-state index contributed by atoms with van der Waals surface area (Å²) < 4.78 is 45.9. The summed E-state index contributed by atoms with van der Waals surface area (Å²) in [4.78, 5) is 16.6. The van der Waals surface area contributed by atoms with Crippen LogP contribution in [0.4, 0.5) is 18.9 Å². The van der Waals surface area contributed by atoms with E-state index in [1.165, 1.54) is 23.5 Å². The molecule has 0 saturated carbocycles. The van der Waals surface area contributed by atoms with Gasteiger partial charge in [-0.2, -0.15) is 0 Å². The second-order valence-electron chi connectivity index (χ2n) is 5.72. The van der Waals surface area contributed by atoms with Crippen LogP contribution in [0.5, 0.6) is 11.5 Å². The average molecular weight is 408 g/mol. The summed E-state index contributed by atoms with van der Waals surface area (Å²) in [5.41, 5.74) is 1.67. The number of hydrogen-bond acceptors (Lipinski definition) is 5. The van der Waals surface area contributed by atoms with E-state index in [1.54, 1.807) is 24.3 Å². The van der Waals surface area contributed by atoms with Crippen molar-refractivity contribution in [2.45, 2.75) is 19.9 Å². The fraction of sp³-hybridized carbons (Fsp3) is 0.158. The van der Waals surface area contributed by atoms with Crippen molar-refractivity contribution in [3.05, 3.63) is 70.2 Å². The average Bonchev–Trinajstić information content (AvgIpc) is 3.06. The van der Waals surface area contributed by atoms with Crippen molar-refractivity contribution < 1.29 is 27.4 Å². The zero-order valence-electron chi connectivity index (χ0n) is 14.6. The fourth-order valence-electron chi connectivity index (χ4n) is 2.26. The monoisotopic (exact) mass is 408 g/mol. The smallest absolute Gasteiger partial charge is 0.486 e. The van der Waals surface area contributed by atoms with E-state index in [1.807, 2.05) is 12.3 Å². The number of anilines is 1. The molecule has 0 aliphatic carbocycles. The summed E-state index contributed by atoms with van der Waals surface area (Å²) in [6.45, 7) is 2.25. The topological polar surface area (TPSA) is 60.5 Å². The van der Waals surface area contributed by atoms with Gasteiger partial charge in [-0.1, -0.05) is 0 Å². The first-order valence-corrected chi connectivity index (χ1v) is 8.97. The molecule has 28 heavy (non-hydrogen) atoms. The number of nitrogens with zero attached hydrogens (tertiary/aromatic N) is 1. The molecule has 0 aliphatic rings. The summed E-state index contributed by atoms with van der Waals surface area (Å²) in [5.74, 6) is -0.160. The Labute approximate surface area is 162 Å². The third kappa shape index (κ3) is 5.71. The molecule has 3 aromatic rings. The Morgan fingerprint density at radius 2 is 1.71 bits per heavy atom. The van der Waals surface area contributed by atoms with Crippen molar-refractivity contribution in [1.82, 2.24) is 4.98 Å². The van der Waals surface area contributed by atoms with E-state index in [-0.39, 0.29) is 5.75 Å². The van der Waals surface area contributed by atoms with Crippen molar-refractivity contribution in [3.8, 4) is 11.5 Å². The van der Waals surface area contributed by atoms with Gasteiger partial charge in [-0.15, -0.1) is 24.5 Å². The van der Waals surface area contributed by atoms with E-state index in [2.05, 4.69) is 15.0 Å². The molecule has 0 aliphatic heterocycles. The number of amides is 1. The Bertz CT molecular complexity index is 938. The van der Waals surface area contributed by atoms with Crippen LogP contribution in [-0.2, 0) is 6.61 Å². The number of rotatable bonds is 6. The third-order valence-electron chi connectivity index (χ3n) is 3.49. The van der Waals surface area contributed by atoms with Crippen molar-refractivity contribution in [1.29, 1.82) is 0 Å². The molecule has 0 unspecified atom stereocenters. The molecule has 1 N–H and O–H groups in total. The van der Waals surface area contributed by atoms with Gasteiger partial charge in [0.2, 0.25) is 0 Å². The van der Waals surface area contributed by atoms with Gasteiger partial charge in [-0.05, 0) is 55.5 Å². The van der Waals surface area contributed by atoms with Crippen LogP contribution in [0.15, 0.2) is 53.9 Å². The van der Waals surface area contributed by atoms with Crippen molar-refractivity contribution >= 4 is 22.9 Å². The van der Waals surface area contributed by atoms with Gasteiger partial charge in [0.1, 0.15) is 23.1 Å². The van der Waals surface area contributed by atoms with E-state index in [0.29, 0.717) is 23.6 Å². The zero-order chi connectivity index (χ0) is 20.1. The number of halogens is 3. The van der Waals surface area contributed by atoms with Crippen LogP contribution in [0, 0.1) is 6.92 Å². The minimum Gasteiger partial charge on any atom is -0.486 e. The number of aryl methyl sites for hydroxylation is 1. The molecule has 9 heteroatoms. The molecule has 3 rings (SSSR count). The van der Waals surface area contributed by atoms with Gasteiger partial charge >= 0.3 is 6.36 Å². The molecular weight excluding hydrogens is 393 g/mol. The van der Waals surface area contributed by atoms with Crippen LogP contribution in [0.3, 0.4) is 0 Å². The molecule has 0 atom stereocenters. The number of thiazole rings is 1. The number of ether oxygens (including phenoxy) is 2. The Hall–Kier alpha value is -3.07. The first-order chi connectivity index (χ1) is 13.3. The lowest BCUT2D eigenvalue weighted by Crippen LogP contribution is -2.17. The van der Waals surface area contributed by atoms with E-state index in [4.69, 9.17) is 4.74 Å². The molecule has 5 nitrogen and oxygen atoms in total. The van der Waals surface area contributed by atoms with Gasteiger partial charge in [0.15, 0.2) is 0 Å². The number of aromatic nitrogens is 1. The lowest BCUT2D eigenvalue weighted by molar-refractivity contribution is -0.274. The Morgan fingerprint density at radius 1 is 1.07 bits per heavy atom. The summed E-state index contributed by atoms with van der Waals surface area (Å²) in [6, 6.07) is 11.4. The molecule has 2 aromatic carbocycles. The molecule has 0 radical (unpaired) electrons. The van der Waals surface area contributed by atoms with Gasteiger partial charge in [0.25, 0.3) is 5.91 Å².